The molecule has 0 spiro atoms. The third-order valence-corrected chi connectivity index (χ3v) is 2.46. The van der Waals surface area contributed by atoms with E-state index in [1.165, 1.54) is 10.4 Å². The summed E-state index contributed by atoms with van der Waals surface area (Å²) in [5.41, 5.74) is 8.00. The molecule has 0 aliphatic rings. The van der Waals surface area contributed by atoms with Crippen molar-refractivity contribution in [2.45, 2.75) is 20.3 Å². The number of aryl methyl sites for hydroxylation is 2. The van der Waals surface area contributed by atoms with Gasteiger partial charge >= 0.3 is 0 Å². The van der Waals surface area contributed by atoms with Crippen molar-refractivity contribution in [1.82, 2.24) is 0 Å². The van der Waals surface area contributed by atoms with Crippen LogP contribution in [0.3, 0.4) is 0 Å². The Bertz CT molecular complexity index is 203. The smallest absolute Gasteiger partial charge is 0.0484 e. The fourth-order valence-electron chi connectivity index (χ4n) is 0.786. The predicted octanol–water partition coefficient (Wildman–Crippen LogP) is 2.20. The van der Waals surface area contributed by atoms with Gasteiger partial charge in [0.2, 0.25) is 0 Å². The van der Waals surface area contributed by atoms with Crippen LogP contribution in [0, 0.1) is 6.92 Å². The van der Waals surface area contributed by atoms with Gasteiger partial charge < -0.3 is 5.73 Å². The van der Waals surface area contributed by atoms with E-state index in [1.807, 2.05) is 0 Å². The van der Waals surface area contributed by atoms with Crippen LogP contribution in [-0.4, -0.2) is 0 Å². The van der Waals surface area contributed by atoms with Crippen molar-refractivity contribution < 1.29 is 0 Å². The van der Waals surface area contributed by atoms with Gasteiger partial charge in [-0.15, -0.1) is 11.3 Å². The summed E-state index contributed by atoms with van der Waals surface area (Å²) in [5, 5.41) is 2.13. The lowest BCUT2D eigenvalue weighted by molar-refractivity contribution is 1.16. The molecule has 0 aliphatic carbocycles. The van der Waals surface area contributed by atoms with E-state index in [-0.39, 0.29) is 0 Å². The van der Waals surface area contributed by atoms with Crippen LogP contribution >= 0.6 is 11.3 Å². The summed E-state index contributed by atoms with van der Waals surface area (Å²) in [6.45, 7) is 4.18. The van der Waals surface area contributed by atoms with Crippen LogP contribution in [0.25, 0.3) is 0 Å². The minimum Gasteiger partial charge on any atom is -0.398 e. The standard InChI is InChI=1S/C7H11NS/c1-3-6-4-9-5(2)7(6)8/h4H,3,8H2,1-2H3. The first-order valence-corrected chi connectivity index (χ1v) is 3.96. The van der Waals surface area contributed by atoms with Crippen LogP contribution in [-0.2, 0) is 6.42 Å². The highest BCUT2D eigenvalue weighted by Crippen LogP contribution is 2.23. The van der Waals surface area contributed by atoms with Crippen LogP contribution in [0.15, 0.2) is 5.38 Å². The molecule has 0 fully saturated rings. The van der Waals surface area contributed by atoms with Crippen molar-refractivity contribution >= 4 is 17.0 Å². The van der Waals surface area contributed by atoms with Gasteiger partial charge in [0.25, 0.3) is 0 Å². The van der Waals surface area contributed by atoms with Crippen molar-refractivity contribution in [2.24, 2.45) is 0 Å². The molecule has 1 rings (SSSR count). The molecule has 1 aromatic rings. The van der Waals surface area contributed by atoms with Gasteiger partial charge in [-0.1, -0.05) is 6.92 Å². The Hall–Kier alpha value is -0.500. The van der Waals surface area contributed by atoms with Gasteiger partial charge in [-0.05, 0) is 24.3 Å². The summed E-state index contributed by atoms with van der Waals surface area (Å²) >= 11 is 1.73. The highest BCUT2D eigenvalue weighted by molar-refractivity contribution is 7.10. The van der Waals surface area contributed by atoms with Gasteiger partial charge in [0.15, 0.2) is 0 Å². The quantitative estimate of drug-likeness (QED) is 0.637. The van der Waals surface area contributed by atoms with Crippen molar-refractivity contribution in [1.29, 1.82) is 0 Å². The molecular weight excluding hydrogens is 130 g/mol. The number of anilines is 1. The highest BCUT2D eigenvalue weighted by atomic mass is 32.1. The van der Waals surface area contributed by atoms with Gasteiger partial charge in [0.1, 0.15) is 0 Å². The molecule has 0 saturated carbocycles. The summed E-state index contributed by atoms with van der Waals surface area (Å²) in [7, 11) is 0. The number of nitrogens with two attached hydrogens (primary N) is 1. The van der Waals surface area contributed by atoms with Crippen LogP contribution in [0.4, 0.5) is 5.69 Å². The SMILES string of the molecule is CCc1csc(C)c1N. The van der Waals surface area contributed by atoms with Crippen molar-refractivity contribution in [3.8, 4) is 0 Å². The largest absolute Gasteiger partial charge is 0.398 e. The molecule has 1 nitrogen and oxygen atoms in total. The van der Waals surface area contributed by atoms with E-state index in [0.717, 1.165) is 12.1 Å². The van der Waals surface area contributed by atoms with E-state index < -0.39 is 0 Å². The fourth-order valence-corrected chi connectivity index (χ4v) is 1.66. The third kappa shape index (κ3) is 1.08. The van der Waals surface area contributed by atoms with Gasteiger partial charge in [-0.25, -0.2) is 0 Å². The lowest BCUT2D eigenvalue weighted by Gasteiger charge is -1.92. The van der Waals surface area contributed by atoms with Crippen LogP contribution < -0.4 is 5.73 Å². The molecule has 0 aromatic carbocycles. The van der Waals surface area contributed by atoms with Gasteiger partial charge in [-0.3, -0.25) is 0 Å². The molecule has 0 unspecified atom stereocenters. The summed E-state index contributed by atoms with van der Waals surface area (Å²) in [6.07, 6.45) is 1.05. The van der Waals surface area contributed by atoms with Crippen molar-refractivity contribution in [2.75, 3.05) is 5.73 Å². The van der Waals surface area contributed by atoms with E-state index in [0.29, 0.717) is 0 Å². The first-order valence-electron chi connectivity index (χ1n) is 3.08. The summed E-state index contributed by atoms with van der Waals surface area (Å²) < 4.78 is 0. The van der Waals surface area contributed by atoms with E-state index in [9.17, 15) is 0 Å². The lowest BCUT2D eigenvalue weighted by Crippen LogP contribution is -1.88. The topological polar surface area (TPSA) is 26.0 Å². The number of rotatable bonds is 1. The maximum absolute atomic E-state index is 5.72. The number of hydrogen-bond acceptors (Lipinski definition) is 2. The van der Waals surface area contributed by atoms with Gasteiger partial charge in [0.05, 0.1) is 0 Å². The second kappa shape index (κ2) is 2.40. The third-order valence-electron chi connectivity index (χ3n) is 1.48. The molecule has 1 aromatic heterocycles. The molecule has 1 heterocycles. The number of hydrogen-bond donors (Lipinski definition) is 1. The number of thiophene rings is 1. The van der Waals surface area contributed by atoms with Crippen molar-refractivity contribution in [3.05, 3.63) is 15.8 Å². The van der Waals surface area contributed by atoms with E-state index in [2.05, 4.69) is 19.2 Å². The van der Waals surface area contributed by atoms with Crippen LogP contribution in [0.1, 0.15) is 17.4 Å². The highest BCUT2D eigenvalue weighted by Gasteiger charge is 2.00. The van der Waals surface area contributed by atoms with E-state index in [1.54, 1.807) is 11.3 Å². The molecule has 50 valence electrons. The molecule has 2 heteroatoms. The second-order valence-corrected chi connectivity index (χ2v) is 3.17. The average Bonchev–Trinajstić information content (AvgIpc) is 2.15. The Morgan fingerprint density at radius 2 is 2.33 bits per heavy atom. The average molecular weight is 141 g/mol. The minimum absolute atomic E-state index is 0.988. The molecular formula is C7H11NS. The Morgan fingerprint density at radius 3 is 2.56 bits per heavy atom. The number of nitrogen functional groups attached to an aromatic ring is 1. The minimum atomic E-state index is 0.988. The molecule has 0 aliphatic heterocycles. The first kappa shape index (κ1) is 6.62. The van der Waals surface area contributed by atoms with E-state index in [4.69, 9.17) is 5.73 Å². The van der Waals surface area contributed by atoms with Gasteiger partial charge in [0, 0.05) is 10.6 Å². The van der Waals surface area contributed by atoms with Gasteiger partial charge in [-0.2, -0.15) is 0 Å². The normalized spacial score (nSPS) is 10.0. The van der Waals surface area contributed by atoms with Crippen molar-refractivity contribution in [3.63, 3.8) is 0 Å². The Balaban J connectivity index is 3.04. The zero-order valence-electron chi connectivity index (χ0n) is 5.77. The monoisotopic (exact) mass is 141 g/mol. The molecule has 0 radical (unpaired) electrons. The zero-order valence-corrected chi connectivity index (χ0v) is 6.59. The molecule has 0 amide bonds. The Labute approximate surface area is 59.5 Å². The zero-order chi connectivity index (χ0) is 6.85. The predicted molar refractivity (Wildman–Crippen MR) is 42.8 cm³/mol. The maximum atomic E-state index is 5.72. The Kier molecular flexibility index (Phi) is 1.76. The summed E-state index contributed by atoms with van der Waals surface area (Å²) in [6, 6.07) is 0. The Morgan fingerprint density at radius 1 is 1.67 bits per heavy atom. The second-order valence-electron chi connectivity index (χ2n) is 2.08. The summed E-state index contributed by atoms with van der Waals surface area (Å²) in [5.74, 6) is 0. The fraction of sp³-hybridized carbons (Fsp3) is 0.429. The van der Waals surface area contributed by atoms with Crippen LogP contribution in [0.5, 0.6) is 0 Å². The lowest BCUT2D eigenvalue weighted by atomic mass is 10.2. The van der Waals surface area contributed by atoms with E-state index >= 15 is 0 Å². The maximum Gasteiger partial charge on any atom is 0.0484 e. The molecule has 0 bridgehead atoms. The summed E-state index contributed by atoms with van der Waals surface area (Å²) in [4.78, 5) is 1.24. The molecule has 0 atom stereocenters. The molecule has 9 heavy (non-hydrogen) atoms. The first-order chi connectivity index (χ1) is 4.25. The van der Waals surface area contributed by atoms with Crippen LogP contribution in [0.2, 0.25) is 0 Å². The molecule has 0 saturated heterocycles. The molecule has 2 N–H and O–H groups in total.